The van der Waals surface area contributed by atoms with Gasteiger partial charge in [-0.3, -0.25) is 9.59 Å². The molecule has 2 aromatic carbocycles. The third kappa shape index (κ3) is 3.79. The molecule has 1 amide bonds. The van der Waals surface area contributed by atoms with E-state index in [4.69, 9.17) is 4.74 Å². The van der Waals surface area contributed by atoms with Crippen LogP contribution in [0.15, 0.2) is 60.2 Å². The number of aliphatic hydroxyl groups is 1. The lowest BCUT2D eigenvalue weighted by atomic mass is 9.95. The summed E-state index contributed by atoms with van der Waals surface area (Å²) in [6.07, 6.45) is 1.59. The Kier molecular flexibility index (Phi) is 6.14. The second-order valence-corrected chi connectivity index (χ2v) is 6.78. The van der Waals surface area contributed by atoms with E-state index < -0.39 is 17.7 Å². The molecule has 1 aliphatic rings. The van der Waals surface area contributed by atoms with Crippen LogP contribution in [0.25, 0.3) is 5.76 Å². The van der Waals surface area contributed by atoms with Crippen molar-refractivity contribution in [2.45, 2.75) is 32.7 Å². The van der Waals surface area contributed by atoms with Crippen LogP contribution in [0.1, 0.15) is 43.9 Å². The Morgan fingerprint density at radius 1 is 1.04 bits per heavy atom. The highest BCUT2D eigenvalue weighted by atomic mass is 16.5. The largest absolute Gasteiger partial charge is 0.507 e. The molecule has 0 aliphatic carbocycles. The quantitative estimate of drug-likeness (QED) is 0.442. The number of rotatable bonds is 7. The molecule has 2 aromatic rings. The Bertz CT molecular complexity index is 888. The van der Waals surface area contributed by atoms with Gasteiger partial charge in [-0.05, 0) is 30.5 Å². The zero-order chi connectivity index (χ0) is 20.1. The number of benzene rings is 2. The Morgan fingerprint density at radius 3 is 2.46 bits per heavy atom. The fourth-order valence-electron chi connectivity index (χ4n) is 3.44. The van der Waals surface area contributed by atoms with E-state index >= 15 is 0 Å². The fraction of sp³-hybridized carbons (Fsp3) is 0.304. The second kappa shape index (κ2) is 8.74. The summed E-state index contributed by atoms with van der Waals surface area (Å²) >= 11 is 0. The molecule has 0 saturated carbocycles. The molecule has 0 spiro atoms. The van der Waals surface area contributed by atoms with Crippen LogP contribution in [0.4, 0.5) is 0 Å². The fourth-order valence-corrected chi connectivity index (χ4v) is 3.44. The summed E-state index contributed by atoms with van der Waals surface area (Å²) in [7, 11) is 0. The number of amides is 1. The minimum Gasteiger partial charge on any atom is -0.507 e. The summed E-state index contributed by atoms with van der Waals surface area (Å²) in [5.74, 6) is -0.701. The van der Waals surface area contributed by atoms with Crippen molar-refractivity contribution in [1.82, 2.24) is 4.90 Å². The summed E-state index contributed by atoms with van der Waals surface area (Å²) in [5.41, 5.74) is 1.39. The van der Waals surface area contributed by atoms with Crippen molar-refractivity contribution in [1.29, 1.82) is 0 Å². The van der Waals surface area contributed by atoms with Gasteiger partial charge in [0.2, 0.25) is 0 Å². The maximum absolute atomic E-state index is 12.8. The number of likely N-dealkylation sites (tertiary alicyclic amines) is 1. The topological polar surface area (TPSA) is 66.8 Å². The minimum atomic E-state index is -0.653. The molecule has 0 bridgehead atoms. The summed E-state index contributed by atoms with van der Waals surface area (Å²) < 4.78 is 5.72. The van der Waals surface area contributed by atoms with E-state index in [0.29, 0.717) is 30.9 Å². The van der Waals surface area contributed by atoms with Crippen LogP contribution in [-0.4, -0.2) is 34.8 Å². The average Bonchev–Trinajstić information content (AvgIpc) is 2.98. The molecule has 1 saturated heterocycles. The highest BCUT2D eigenvalue weighted by molar-refractivity contribution is 6.46. The molecule has 1 atom stereocenters. The molecule has 1 heterocycles. The van der Waals surface area contributed by atoms with Gasteiger partial charge in [0, 0.05) is 12.1 Å². The number of aliphatic hydroxyl groups excluding tert-OH is 1. The molecule has 0 radical (unpaired) electrons. The zero-order valence-corrected chi connectivity index (χ0v) is 16.2. The van der Waals surface area contributed by atoms with Crippen molar-refractivity contribution >= 4 is 17.4 Å². The Balaban J connectivity index is 2.12. The number of hydrogen-bond donors (Lipinski definition) is 1. The number of Topliss-reactive ketones (excluding diaryl/α,β-unsaturated/α-hetero) is 1. The predicted octanol–water partition coefficient (Wildman–Crippen LogP) is 4.31. The summed E-state index contributed by atoms with van der Waals surface area (Å²) in [6.45, 7) is 5.00. The number of nitrogens with zero attached hydrogens (tertiary/aromatic N) is 1. The first-order valence-corrected chi connectivity index (χ1v) is 9.65. The molecule has 3 rings (SSSR count). The molecule has 5 nitrogen and oxygen atoms in total. The van der Waals surface area contributed by atoms with Gasteiger partial charge in [-0.15, -0.1) is 0 Å². The second-order valence-electron chi connectivity index (χ2n) is 6.78. The van der Waals surface area contributed by atoms with Gasteiger partial charge in [0.1, 0.15) is 11.5 Å². The molecule has 1 fully saturated rings. The van der Waals surface area contributed by atoms with Gasteiger partial charge in [0.25, 0.3) is 11.7 Å². The van der Waals surface area contributed by atoms with Crippen molar-refractivity contribution in [2.24, 2.45) is 0 Å². The molecule has 1 unspecified atom stereocenters. The van der Waals surface area contributed by atoms with Crippen LogP contribution in [-0.2, 0) is 9.59 Å². The monoisotopic (exact) mass is 379 g/mol. The van der Waals surface area contributed by atoms with Gasteiger partial charge in [-0.25, -0.2) is 0 Å². The lowest BCUT2D eigenvalue weighted by molar-refractivity contribution is -0.139. The SMILES string of the molecule is CCCOc1cccc(C2/C(=C(/O)c3ccccc3)C(=O)C(=O)N2CCC)c1. The van der Waals surface area contributed by atoms with Crippen LogP contribution in [0, 0.1) is 0 Å². The van der Waals surface area contributed by atoms with Gasteiger partial charge in [0.15, 0.2) is 0 Å². The summed E-state index contributed by atoms with van der Waals surface area (Å²) in [5, 5.41) is 10.9. The van der Waals surface area contributed by atoms with E-state index in [2.05, 4.69) is 0 Å². The van der Waals surface area contributed by atoms with Crippen LogP contribution in [0.5, 0.6) is 5.75 Å². The number of ether oxygens (including phenoxy) is 1. The number of ketones is 1. The van der Waals surface area contributed by atoms with Crippen LogP contribution in [0.2, 0.25) is 0 Å². The molecule has 1 N–H and O–H groups in total. The van der Waals surface area contributed by atoms with Gasteiger partial charge >= 0.3 is 0 Å². The molecular weight excluding hydrogens is 354 g/mol. The normalized spacial score (nSPS) is 18.5. The van der Waals surface area contributed by atoms with E-state index in [1.807, 2.05) is 44.2 Å². The Hall–Kier alpha value is -3.08. The first-order chi connectivity index (χ1) is 13.6. The number of carbonyl (C=O) groups is 2. The maximum atomic E-state index is 12.8. The third-order valence-corrected chi connectivity index (χ3v) is 4.70. The van der Waals surface area contributed by atoms with Crippen molar-refractivity contribution in [2.75, 3.05) is 13.2 Å². The summed E-state index contributed by atoms with van der Waals surface area (Å²) in [6, 6.07) is 15.6. The number of carbonyl (C=O) groups excluding carboxylic acids is 2. The minimum absolute atomic E-state index is 0.122. The summed E-state index contributed by atoms with van der Waals surface area (Å²) in [4.78, 5) is 27.0. The van der Waals surface area contributed by atoms with E-state index in [1.165, 1.54) is 4.90 Å². The van der Waals surface area contributed by atoms with Gasteiger partial charge < -0.3 is 14.7 Å². The molecule has 0 aromatic heterocycles. The number of hydrogen-bond acceptors (Lipinski definition) is 4. The first kappa shape index (κ1) is 19.7. The highest BCUT2D eigenvalue weighted by Gasteiger charge is 2.45. The third-order valence-electron chi connectivity index (χ3n) is 4.70. The van der Waals surface area contributed by atoms with E-state index in [9.17, 15) is 14.7 Å². The average molecular weight is 379 g/mol. The van der Waals surface area contributed by atoms with E-state index in [0.717, 1.165) is 12.0 Å². The van der Waals surface area contributed by atoms with E-state index in [-0.39, 0.29) is 11.3 Å². The lowest BCUT2D eigenvalue weighted by Crippen LogP contribution is -2.30. The van der Waals surface area contributed by atoms with E-state index in [1.54, 1.807) is 24.3 Å². The standard InChI is InChI=1S/C23H25NO4/c1-3-13-24-20(17-11-8-12-18(15-17)28-14-4-2)19(22(26)23(24)27)21(25)16-9-6-5-7-10-16/h5-12,15,20,25H,3-4,13-14H2,1-2H3/b21-19-. The molecular formula is C23H25NO4. The smallest absolute Gasteiger partial charge is 0.295 e. The predicted molar refractivity (Wildman–Crippen MR) is 108 cm³/mol. The highest BCUT2D eigenvalue weighted by Crippen LogP contribution is 2.40. The first-order valence-electron chi connectivity index (χ1n) is 9.65. The van der Waals surface area contributed by atoms with Gasteiger partial charge in [-0.2, -0.15) is 0 Å². The van der Waals surface area contributed by atoms with Gasteiger partial charge in [-0.1, -0.05) is 56.3 Å². The molecule has 28 heavy (non-hydrogen) atoms. The molecule has 5 heteroatoms. The van der Waals surface area contributed by atoms with Crippen molar-refractivity contribution < 1.29 is 19.4 Å². The Morgan fingerprint density at radius 2 is 1.79 bits per heavy atom. The Labute approximate surface area is 165 Å². The maximum Gasteiger partial charge on any atom is 0.295 e. The van der Waals surface area contributed by atoms with Crippen molar-refractivity contribution in [3.05, 3.63) is 71.3 Å². The lowest BCUT2D eigenvalue weighted by Gasteiger charge is -2.25. The molecule has 146 valence electrons. The van der Waals surface area contributed by atoms with Crippen LogP contribution >= 0.6 is 0 Å². The van der Waals surface area contributed by atoms with Gasteiger partial charge in [0.05, 0.1) is 18.2 Å². The van der Waals surface area contributed by atoms with Crippen molar-refractivity contribution in [3.63, 3.8) is 0 Å². The molecule has 1 aliphatic heterocycles. The zero-order valence-electron chi connectivity index (χ0n) is 16.2. The van der Waals surface area contributed by atoms with Crippen LogP contribution in [0.3, 0.4) is 0 Å². The van der Waals surface area contributed by atoms with Crippen LogP contribution < -0.4 is 4.74 Å². The van der Waals surface area contributed by atoms with Crippen molar-refractivity contribution in [3.8, 4) is 5.75 Å².